The van der Waals surface area contributed by atoms with Gasteiger partial charge in [0.05, 0.1) is 6.61 Å². The molecule has 0 fully saturated rings. The molecule has 0 aliphatic carbocycles. The van der Waals surface area contributed by atoms with Crippen LogP contribution in [0.1, 0.15) is 11.1 Å². The smallest absolute Gasteiger partial charge is 0.171 e. The van der Waals surface area contributed by atoms with Crippen LogP contribution in [0.4, 0.5) is 0 Å². The van der Waals surface area contributed by atoms with Crippen LogP contribution in [-0.2, 0) is 18.1 Å². The van der Waals surface area contributed by atoms with E-state index in [1.54, 1.807) is 6.07 Å². The van der Waals surface area contributed by atoms with E-state index in [2.05, 4.69) is 0 Å². The van der Waals surface area contributed by atoms with Crippen molar-refractivity contribution in [1.29, 1.82) is 0 Å². The molecule has 1 N–H and O–H groups in total. The second kappa shape index (κ2) is 2.53. The molecule has 0 aromatic heterocycles. The molecule has 1 heterocycles. The van der Waals surface area contributed by atoms with Crippen molar-refractivity contribution in [3.05, 3.63) is 29.3 Å². The van der Waals surface area contributed by atoms with Gasteiger partial charge >= 0.3 is 0 Å². The summed E-state index contributed by atoms with van der Waals surface area (Å²) in [4.78, 5) is 9.55. The fraction of sp³-hybridized carbons (Fsp3) is 0.250. The minimum atomic E-state index is 0.0628. The molecule has 0 radical (unpaired) electrons. The van der Waals surface area contributed by atoms with E-state index in [1.165, 1.54) is 0 Å². The normalized spacial score (nSPS) is 14.3. The molecule has 58 valence electrons. The number of aliphatic hydroxyl groups excluding tert-OH is 1. The van der Waals surface area contributed by atoms with Crippen LogP contribution in [0, 0.1) is 0 Å². The summed E-state index contributed by atoms with van der Waals surface area (Å²) in [5, 5.41) is 8.79. The highest BCUT2D eigenvalue weighted by Crippen LogP contribution is 2.26. The number of fused-ring (bicyclic) bond motifs is 1. The first-order valence-electron chi connectivity index (χ1n) is 3.42. The average Bonchev–Trinajstić information content (AvgIpc) is 2.50. The Bertz CT molecular complexity index is 270. The molecular weight excluding hydrogens is 144 g/mol. The quantitative estimate of drug-likeness (QED) is 0.610. The van der Waals surface area contributed by atoms with Gasteiger partial charge in [-0.05, 0) is 17.7 Å². The second-order valence-corrected chi connectivity index (χ2v) is 2.45. The minimum absolute atomic E-state index is 0.0628. The lowest BCUT2D eigenvalue weighted by Gasteiger charge is -1.96. The molecule has 1 aliphatic heterocycles. The topological polar surface area (TPSA) is 38.7 Å². The summed E-state index contributed by atoms with van der Waals surface area (Å²) in [5.41, 5.74) is 1.88. The van der Waals surface area contributed by atoms with E-state index in [0.29, 0.717) is 6.61 Å². The van der Waals surface area contributed by atoms with Crippen LogP contribution in [0.25, 0.3) is 0 Å². The maximum absolute atomic E-state index is 8.79. The van der Waals surface area contributed by atoms with E-state index in [4.69, 9.17) is 14.9 Å². The van der Waals surface area contributed by atoms with Gasteiger partial charge in [-0.15, -0.1) is 0 Å². The Kier molecular flexibility index (Phi) is 1.52. The van der Waals surface area contributed by atoms with Crippen molar-refractivity contribution in [1.82, 2.24) is 0 Å². The van der Waals surface area contributed by atoms with Crippen molar-refractivity contribution in [3.8, 4) is 5.75 Å². The molecule has 1 aliphatic rings. The fourth-order valence-corrected chi connectivity index (χ4v) is 1.08. The fourth-order valence-electron chi connectivity index (χ4n) is 1.08. The molecule has 3 heteroatoms. The number of aliphatic hydroxyl groups is 1. The van der Waals surface area contributed by atoms with Gasteiger partial charge in [-0.25, -0.2) is 0 Å². The number of hydrogen-bond acceptors (Lipinski definition) is 3. The third kappa shape index (κ3) is 1.08. The van der Waals surface area contributed by atoms with Gasteiger partial charge in [0.1, 0.15) is 6.61 Å². The average molecular weight is 152 g/mol. The lowest BCUT2D eigenvalue weighted by molar-refractivity contribution is -0.194. The number of hydrogen-bond donors (Lipinski definition) is 1. The number of rotatable bonds is 1. The summed E-state index contributed by atoms with van der Waals surface area (Å²) in [6.45, 7) is 0.538. The molecule has 0 saturated heterocycles. The summed E-state index contributed by atoms with van der Waals surface area (Å²) in [5.74, 6) is 0.752. The van der Waals surface area contributed by atoms with Crippen molar-refractivity contribution in [3.63, 3.8) is 0 Å². The van der Waals surface area contributed by atoms with Crippen molar-refractivity contribution in [2.75, 3.05) is 0 Å². The van der Waals surface area contributed by atoms with Gasteiger partial charge in [-0.3, -0.25) is 0 Å². The van der Waals surface area contributed by atoms with Crippen LogP contribution in [0.15, 0.2) is 18.2 Å². The molecule has 0 saturated carbocycles. The lowest BCUT2D eigenvalue weighted by Crippen LogP contribution is -1.84. The third-order valence-electron chi connectivity index (χ3n) is 1.67. The summed E-state index contributed by atoms with van der Waals surface area (Å²) >= 11 is 0. The lowest BCUT2D eigenvalue weighted by atomic mass is 10.1. The Hall–Kier alpha value is -1.06. The summed E-state index contributed by atoms with van der Waals surface area (Å²) < 4.78 is 0. The van der Waals surface area contributed by atoms with Gasteiger partial charge in [0.2, 0.25) is 0 Å². The highest BCUT2D eigenvalue weighted by molar-refractivity contribution is 5.37. The molecule has 0 unspecified atom stereocenters. The Morgan fingerprint density at radius 3 is 3.18 bits per heavy atom. The molecular formula is C8H8O3. The first kappa shape index (κ1) is 6.64. The van der Waals surface area contributed by atoms with Crippen molar-refractivity contribution < 1.29 is 14.9 Å². The zero-order valence-electron chi connectivity index (χ0n) is 5.91. The number of benzene rings is 1. The van der Waals surface area contributed by atoms with Crippen molar-refractivity contribution in [2.45, 2.75) is 13.2 Å². The molecule has 0 spiro atoms. The van der Waals surface area contributed by atoms with Crippen LogP contribution in [0.2, 0.25) is 0 Å². The van der Waals surface area contributed by atoms with E-state index in [-0.39, 0.29) is 6.61 Å². The highest BCUT2D eigenvalue weighted by Gasteiger charge is 2.12. The maximum Gasteiger partial charge on any atom is 0.171 e. The van der Waals surface area contributed by atoms with Crippen LogP contribution < -0.4 is 4.89 Å². The second-order valence-electron chi connectivity index (χ2n) is 2.45. The first-order valence-corrected chi connectivity index (χ1v) is 3.42. The van der Waals surface area contributed by atoms with Gasteiger partial charge in [0.15, 0.2) is 5.75 Å². The molecule has 0 amide bonds. The van der Waals surface area contributed by atoms with E-state index in [9.17, 15) is 0 Å². The summed E-state index contributed by atoms with van der Waals surface area (Å²) in [6.07, 6.45) is 0. The van der Waals surface area contributed by atoms with Crippen LogP contribution in [-0.4, -0.2) is 5.11 Å². The summed E-state index contributed by atoms with van der Waals surface area (Å²) in [6, 6.07) is 5.49. The largest absolute Gasteiger partial charge is 0.392 e. The zero-order chi connectivity index (χ0) is 7.68. The standard InChI is InChI=1S/C8H8O3/c9-4-6-1-2-8-7(3-6)5-10-11-8/h1-3,9H,4-5H2. The Morgan fingerprint density at radius 1 is 1.45 bits per heavy atom. The molecule has 3 nitrogen and oxygen atoms in total. The monoisotopic (exact) mass is 152 g/mol. The SMILES string of the molecule is OCc1ccc2c(c1)COO2. The van der Waals surface area contributed by atoms with Gasteiger partial charge in [0.25, 0.3) is 0 Å². The third-order valence-corrected chi connectivity index (χ3v) is 1.67. The molecule has 0 atom stereocenters. The van der Waals surface area contributed by atoms with Gasteiger partial charge < -0.3 is 9.99 Å². The van der Waals surface area contributed by atoms with E-state index >= 15 is 0 Å². The van der Waals surface area contributed by atoms with Gasteiger partial charge in [-0.2, -0.15) is 4.89 Å². The van der Waals surface area contributed by atoms with E-state index < -0.39 is 0 Å². The predicted octanol–water partition coefficient (Wildman–Crippen LogP) is 1.00. The Labute approximate surface area is 64.1 Å². The molecule has 0 bridgehead atoms. The van der Waals surface area contributed by atoms with Gasteiger partial charge in [0, 0.05) is 5.56 Å². The van der Waals surface area contributed by atoms with Crippen LogP contribution >= 0.6 is 0 Å². The Balaban J connectivity index is 2.41. The first-order chi connectivity index (χ1) is 5.40. The van der Waals surface area contributed by atoms with Crippen molar-refractivity contribution >= 4 is 0 Å². The zero-order valence-corrected chi connectivity index (χ0v) is 5.91. The van der Waals surface area contributed by atoms with Crippen LogP contribution in [0.3, 0.4) is 0 Å². The van der Waals surface area contributed by atoms with Gasteiger partial charge in [-0.1, -0.05) is 6.07 Å². The Morgan fingerprint density at radius 2 is 2.36 bits per heavy atom. The molecule has 1 aromatic carbocycles. The highest BCUT2D eigenvalue weighted by atomic mass is 17.2. The molecule has 11 heavy (non-hydrogen) atoms. The summed E-state index contributed by atoms with van der Waals surface area (Å²) in [7, 11) is 0. The van der Waals surface area contributed by atoms with E-state index in [1.807, 2.05) is 12.1 Å². The van der Waals surface area contributed by atoms with Crippen molar-refractivity contribution in [2.24, 2.45) is 0 Å². The van der Waals surface area contributed by atoms with E-state index in [0.717, 1.165) is 16.9 Å². The van der Waals surface area contributed by atoms with Crippen LogP contribution in [0.5, 0.6) is 5.75 Å². The maximum atomic E-state index is 8.79. The molecule has 2 rings (SSSR count). The predicted molar refractivity (Wildman–Crippen MR) is 37.8 cm³/mol. The molecule has 1 aromatic rings. The minimum Gasteiger partial charge on any atom is -0.392 e.